The summed E-state index contributed by atoms with van der Waals surface area (Å²) in [4.78, 5) is 37.0. The fourth-order valence-corrected chi connectivity index (χ4v) is 3.25. The van der Waals surface area contributed by atoms with Crippen molar-refractivity contribution >= 4 is 29.2 Å². The molecular weight excluding hydrogens is 340 g/mol. The van der Waals surface area contributed by atoms with Crippen LogP contribution in [0.4, 0.5) is 0 Å². The van der Waals surface area contributed by atoms with Crippen LogP contribution < -0.4 is 5.11 Å². The number of ketones is 2. The van der Waals surface area contributed by atoms with Gasteiger partial charge in [-0.05, 0) is 29.3 Å². The molecule has 0 aliphatic heterocycles. The molecule has 0 amide bonds. The highest BCUT2D eigenvalue weighted by Crippen LogP contribution is 2.29. The van der Waals surface area contributed by atoms with Crippen molar-refractivity contribution in [1.82, 2.24) is 0 Å². The van der Waals surface area contributed by atoms with E-state index >= 15 is 0 Å². The van der Waals surface area contributed by atoms with E-state index in [1.807, 2.05) is 0 Å². The number of aliphatic carboxylic acids is 1. The molecule has 0 radical (unpaired) electrons. The van der Waals surface area contributed by atoms with E-state index in [0.29, 0.717) is 27.8 Å². The van der Waals surface area contributed by atoms with Gasteiger partial charge in [-0.25, -0.2) is 0 Å². The van der Waals surface area contributed by atoms with Crippen molar-refractivity contribution in [2.45, 2.75) is 0 Å². The van der Waals surface area contributed by atoms with Crippen LogP contribution in [0.3, 0.4) is 0 Å². The van der Waals surface area contributed by atoms with E-state index in [1.54, 1.807) is 72.8 Å². The molecule has 0 saturated carbocycles. The molecule has 0 saturated heterocycles. The molecule has 1 aliphatic carbocycles. The van der Waals surface area contributed by atoms with Gasteiger partial charge in [-0.2, -0.15) is 0 Å². The molecule has 0 atom stereocenters. The zero-order valence-corrected chi connectivity index (χ0v) is 14.1. The Balaban J connectivity index is 1.83. The van der Waals surface area contributed by atoms with Crippen molar-refractivity contribution in [3.63, 3.8) is 0 Å². The van der Waals surface area contributed by atoms with Crippen molar-refractivity contribution in [3.05, 3.63) is 106 Å². The van der Waals surface area contributed by atoms with Gasteiger partial charge < -0.3 is 9.90 Å². The number of hydrogen-bond donors (Lipinski definition) is 0. The summed E-state index contributed by atoms with van der Waals surface area (Å²) in [6.07, 6.45) is 1.45. The van der Waals surface area contributed by atoms with Gasteiger partial charge >= 0.3 is 0 Å². The minimum atomic E-state index is -1.31. The lowest BCUT2D eigenvalue weighted by molar-refractivity contribution is -0.295. The summed E-state index contributed by atoms with van der Waals surface area (Å²) in [5, 5.41) is 11.6. The van der Waals surface area contributed by atoms with Crippen LogP contribution in [-0.2, 0) is 4.79 Å². The summed E-state index contributed by atoms with van der Waals surface area (Å²) in [5.41, 5.74) is 2.37. The lowest BCUT2D eigenvalue weighted by Crippen LogP contribution is -2.23. The molecule has 1 aliphatic rings. The number of carbonyl (C=O) groups is 3. The number of rotatable bonds is 3. The molecule has 0 N–H and O–H groups in total. The van der Waals surface area contributed by atoms with Crippen LogP contribution in [0.1, 0.15) is 43.0 Å². The Labute approximate surface area is 155 Å². The van der Waals surface area contributed by atoms with E-state index in [2.05, 4.69) is 0 Å². The van der Waals surface area contributed by atoms with Gasteiger partial charge in [0, 0.05) is 27.8 Å². The van der Waals surface area contributed by atoms with E-state index in [-0.39, 0.29) is 22.7 Å². The predicted molar refractivity (Wildman–Crippen MR) is 99.1 cm³/mol. The Morgan fingerprint density at radius 3 is 1.89 bits per heavy atom. The standard InChI is InChI=1S/C23H14O4/c24-21-16-8-4-5-9-17(16)22(25)20-13-14(10-11-18(20)21)12-19(23(26)27)15-6-2-1-3-7-15/h1-13H,(H,26,27)/p-1/b19-12+. The van der Waals surface area contributed by atoms with E-state index in [9.17, 15) is 19.5 Å². The van der Waals surface area contributed by atoms with Gasteiger partial charge in [-0.1, -0.05) is 60.7 Å². The Morgan fingerprint density at radius 1 is 0.704 bits per heavy atom. The Hall–Kier alpha value is -3.79. The molecule has 3 aromatic rings. The maximum Gasteiger partial charge on any atom is 0.194 e. The zero-order chi connectivity index (χ0) is 19.0. The minimum absolute atomic E-state index is 0.00513. The molecule has 0 spiro atoms. The number of carbonyl (C=O) groups excluding carboxylic acids is 3. The van der Waals surface area contributed by atoms with Crippen LogP contribution in [0.5, 0.6) is 0 Å². The summed E-state index contributed by atoms with van der Waals surface area (Å²) < 4.78 is 0. The van der Waals surface area contributed by atoms with E-state index in [4.69, 9.17) is 0 Å². The van der Waals surface area contributed by atoms with Crippen LogP contribution in [-0.4, -0.2) is 17.5 Å². The average molecular weight is 353 g/mol. The van der Waals surface area contributed by atoms with Crippen LogP contribution >= 0.6 is 0 Å². The Morgan fingerprint density at radius 2 is 1.26 bits per heavy atom. The molecule has 0 fully saturated rings. The van der Waals surface area contributed by atoms with Crippen LogP contribution in [0.2, 0.25) is 0 Å². The average Bonchev–Trinajstić information content (AvgIpc) is 2.70. The quantitative estimate of drug-likeness (QED) is 0.419. The smallest absolute Gasteiger partial charge is 0.194 e. The normalized spacial score (nSPS) is 13.1. The van der Waals surface area contributed by atoms with Gasteiger partial charge in [0.1, 0.15) is 0 Å². The predicted octanol–water partition coefficient (Wildman–Crippen LogP) is 2.75. The van der Waals surface area contributed by atoms with Crippen LogP contribution in [0.25, 0.3) is 11.6 Å². The third-order valence-electron chi connectivity index (χ3n) is 4.56. The number of carboxylic acids is 1. The zero-order valence-electron chi connectivity index (χ0n) is 14.1. The molecule has 4 nitrogen and oxygen atoms in total. The second kappa shape index (κ2) is 6.50. The minimum Gasteiger partial charge on any atom is -0.545 e. The summed E-state index contributed by atoms with van der Waals surface area (Å²) in [5.74, 6) is -1.77. The SMILES string of the molecule is O=C([O-])/C(=C/c1ccc2c(c1)C(=O)c1ccccc1C2=O)c1ccccc1. The molecule has 0 aromatic heterocycles. The van der Waals surface area contributed by atoms with Gasteiger partial charge in [-0.15, -0.1) is 0 Å². The highest BCUT2D eigenvalue weighted by Gasteiger charge is 2.29. The first-order chi connectivity index (χ1) is 13.1. The Kier molecular flexibility index (Phi) is 4.01. The highest BCUT2D eigenvalue weighted by atomic mass is 16.4. The molecule has 27 heavy (non-hydrogen) atoms. The van der Waals surface area contributed by atoms with Crippen LogP contribution in [0, 0.1) is 0 Å². The maximum atomic E-state index is 12.8. The first kappa shape index (κ1) is 16.7. The molecule has 3 aromatic carbocycles. The summed E-state index contributed by atoms with van der Waals surface area (Å²) >= 11 is 0. The van der Waals surface area contributed by atoms with E-state index in [1.165, 1.54) is 6.08 Å². The third-order valence-corrected chi connectivity index (χ3v) is 4.56. The third kappa shape index (κ3) is 2.87. The summed E-state index contributed by atoms with van der Waals surface area (Å²) in [7, 11) is 0. The number of benzene rings is 3. The Bertz CT molecular complexity index is 1120. The molecule has 0 heterocycles. The first-order valence-electron chi connectivity index (χ1n) is 8.37. The largest absolute Gasteiger partial charge is 0.545 e. The topological polar surface area (TPSA) is 74.3 Å². The van der Waals surface area contributed by atoms with Crippen molar-refractivity contribution in [1.29, 1.82) is 0 Å². The fraction of sp³-hybridized carbons (Fsp3) is 0. The fourth-order valence-electron chi connectivity index (χ4n) is 3.25. The number of fused-ring (bicyclic) bond motifs is 2. The molecule has 0 bridgehead atoms. The van der Waals surface area contributed by atoms with Gasteiger partial charge in [0.05, 0.1) is 5.97 Å². The van der Waals surface area contributed by atoms with Crippen molar-refractivity contribution in [3.8, 4) is 0 Å². The maximum absolute atomic E-state index is 12.8. The van der Waals surface area contributed by atoms with Gasteiger partial charge in [0.15, 0.2) is 11.6 Å². The molecular formula is C23H13O4-. The molecule has 130 valence electrons. The first-order valence-corrected chi connectivity index (χ1v) is 8.37. The summed E-state index contributed by atoms with van der Waals surface area (Å²) in [6, 6.07) is 20.0. The van der Waals surface area contributed by atoms with Gasteiger partial charge in [0.2, 0.25) is 0 Å². The molecule has 0 unspecified atom stereocenters. The van der Waals surface area contributed by atoms with Crippen LogP contribution in [0.15, 0.2) is 72.8 Å². The second-order valence-electron chi connectivity index (χ2n) is 6.22. The molecule has 4 heteroatoms. The van der Waals surface area contributed by atoms with Crippen molar-refractivity contribution in [2.75, 3.05) is 0 Å². The van der Waals surface area contributed by atoms with Crippen molar-refractivity contribution < 1.29 is 19.5 Å². The number of hydrogen-bond acceptors (Lipinski definition) is 4. The number of carboxylic acid groups (broad SMARTS) is 1. The van der Waals surface area contributed by atoms with Crippen molar-refractivity contribution in [2.24, 2.45) is 0 Å². The lowest BCUT2D eigenvalue weighted by atomic mass is 9.83. The summed E-state index contributed by atoms with van der Waals surface area (Å²) in [6.45, 7) is 0. The molecule has 4 rings (SSSR count). The van der Waals surface area contributed by atoms with Gasteiger partial charge in [0.25, 0.3) is 0 Å². The second-order valence-corrected chi connectivity index (χ2v) is 6.22. The lowest BCUT2D eigenvalue weighted by Gasteiger charge is -2.18. The van der Waals surface area contributed by atoms with E-state index in [0.717, 1.165) is 0 Å². The van der Waals surface area contributed by atoms with E-state index < -0.39 is 5.97 Å². The van der Waals surface area contributed by atoms with Gasteiger partial charge in [-0.3, -0.25) is 9.59 Å². The monoisotopic (exact) mass is 353 g/mol. The highest BCUT2D eigenvalue weighted by molar-refractivity contribution is 6.28.